The molecule has 0 spiro atoms. The topological polar surface area (TPSA) is 284 Å². The maximum atomic E-state index is 14.6. The van der Waals surface area contributed by atoms with Crippen LogP contribution >= 0.6 is 0 Å². The zero-order chi connectivity index (χ0) is 43.6. The van der Waals surface area contributed by atoms with Crippen LogP contribution < -0.4 is 0 Å². The van der Waals surface area contributed by atoms with Gasteiger partial charge in [-0.15, -0.1) is 0 Å². The average Bonchev–Trinajstić information content (AvgIpc) is 3.16. The van der Waals surface area contributed by atoms with Crippen LogP contribution in [0.3, 0.4) is 0 Å². The van der Waals surface area contributed by atoms with Gasteiger partial charge in [0.25, 0.3) is 0 Å². The number of aromatic hydroxyl groups is 3. The molecule has 18 unspecified atom stereocenters. The van der Waals surface area contributed by atoms with Crippen molar-refractivity contribution in [3.8, 4) is 17.2 Å². The molecule has 1 aliphatic heterocycles. The number of hydrogen-bond acceptors (Lipinski definition) is 16. The van der Waals surface area contributed by atoms with E-state index in [1.165, 1.54) is 0 Å². The van der Waals surface area contributed by atoms with Gasteiger partial charge in [-0.1, -0.05) is 46.3 Å². The number of benzene rings is 1. The fourth-order valence-electron chi connectivity index (χ4n) is 13.6. The van der Waals surface area contributed by atoms with Gasteiger partial charge in [-0.2, -0.15) is 0 Å². The molecule has 16 nitrogen and oxygen atoms in total. The van der Waals surface area contributed by atoms with Gasteiger partial charge in [0.15, 0.2) is 17.2 Å². The Balaban J connectivity index is 1.24. The van der Waals surface area contributed by atoms with E-state index in [-0.39, 0.29) is 36.7 Å². The standard InChI is InChI=1S/C43H62O16/c1-19-9-10-43(37(55)59-36-31(52)30(51)29(50)26(17-44)58-36)12-11-40(4)21(32(43)42(19,6)56)7-8-27-38(2)15-25(48)34(53)39(3,33(38)24(47)16-41(27,40)5)18-57-35(54)20-13-22(45)28(49)23(46)14-20/h7,13-14,19,24-27,29-34,36,44-53,56H,8-12,15-18H2,1-6H3. The summed E-state index contributed by atoms with van der Waals surface area (Å²) in [4.78, 5) is 27.9. The molecule has 1 aromatic carbocycles. The number of phenolic OH excluding ortho intramolecular Hbond substituents is 3. The third kappa shape index (κ3) is 6.17. The van der Waals surface area contributed by atoms with Crippen molar-refractivity contribution in [1.82, 2.24) is 0 Å². The van der Waals surface area contributed by atoms with Gasteiger partial charge < -0.3 is 70.4 Å². The highest BCUT2D eigenvalue weighted by atomic mass is 16.7. The molecule has 0 aromatic heterocycles. The van der Waals surface area contributed by atoms with Crippen molar-refractivity contribution in [3.05, 3.63) is 29.3 Å². The summed E-state index contributed by atoms with van der Waals surface area (Å²) in [6, 6.07) is 1.86. The number of rotatable bonds is 6. The number of ether oxygens (including phenoxy) is 3. The molecule has 330 valence electrons. The summed E-state index contributed by atoms with van der Waals surface area (Å²) < 4.78 is 17.1. The van der Waals surface area contributed by atoms with Gasteiger partial charge in [0, 0.05) is 17.3 Å². The molecule has 5 fully saturated rings. The smallest absolute Gasteiger partial charge is 0.338 e. The summed E-state index contributed by atoms with van der Waals surface area (Å²) in [6.45, 7) is 10.4. The molecule has 0 bridgehead atoms. The van der Waals surface area contributed by atoms with Gasteiger partial charge in [-0.25, -0.2) is 4.79 Å². The van der Waals surface area contributed by atoms with Gasteiger partial charge in [-0.3, -0.25) is 4.79 Å². The molecular formula is C43H62O16. The average molecular weight is 835 g/mol. The molecule has 11 N–H and O–H groups in total. The molecule has 0 amide bonds. The van der Waals surface area contributed by atoms with Gasteiger partial charge in [0.05, 0.1) is 48.1 Å². The molecule has 6 aliphatic rings. The largest absolute Gasteiger partial charge is 0.504 e. The highest BCUT2D eigenvalue weighted by Gasteiger charge is 2.74. The monoisotopic (exact) mass is 834 g/mol. The first-order chi connectivity index (χ1) is 27.4. The second-order valence-electron chi connectivity index (χ2n) is 20.0. The second-order valence-corrected chi connectivity index (χ2v) is 20.0. The van der Waals surface area contributed by atoms with Crippen LogP contribution in [0.25, 0.3) is 0 Å². The fourth-order valence-corrected chi connectivity index (χ4v) is 13.6. The van der Waals surface area contributed by atoms with Gasteiger partial charge in [0.2, 0.25) is 6.29 Å². The van der Waals surface area contributed by atoms with Gasteiger partial charge in [-0.05, 0) is 92.1 Å². The summed E-state index contributed by atoms with van der Waals surface area (Å²) in [7, 11) is 0. The lowest BCUT2D eigenvalue weighted by molar-refractivity contribution is -0.300. The van der Waals surface area contributed by atoms with Crippen molar-refractivity contribution in [1.29, 1.82) is 0 Å². The zero-order valence-electron chi connectivity index (χ0n) is 34.5. The Hall–Kier alpha value is -3.06. The molecule has 16 heteroatoms. The predicted octanol–water partition coefficient (Wildman–Crippen LogP) is 1.36. The molecule has 59 heavy (non-hydrogen) atoms. The molecule has 4 saturated carbocycles. The SMILES string of the molecule is CC1CCC2(C(=O)OC3OC(CO)C(O)C(O)C3O)CCC3(C)C(=CCC4C5(C)CC(O)C(O)C(C)(COC(=O)c6cc(O)c(O)c(O)c6)C5C(O)CC43C)C2C1(C)O. The van der Waals surface area contributed by atoms with Crippen molar-refractivity contribution in [2.45, 2.75) is 141 Å². The first-order valence-corrected chi connectivity index (χ1v) is 20.8. The van der Waals surface area contributed by atoms with Crippen molar-refractivity contribution in [2.24, 2.45) is 50.7 Å². The molecule has 1 saturated heterocycles. The summed E-state index contributed by atoms with van der Waals surface area (Å²) in [5.74, 6) is -5.94. The quantitative estimate of drug-likeness (QED) is 0.110. The third-order valence-electron chi connectivity index (χ3n) is 17.0. The Morgan fingerprint density at radius 1 is 0.864 bits per heavy atom. The Bertz CT molecular complexity index is 1840. The summed E-state index contributed by atoms with van der Waals surface area (Å²) >= 11 is 0. The Kier molecular flexibility index (Phi) is 10.8. The van der Waals surface area contributed by atoms with Crippen molar-refractivity contribution in [3.63, 3.8) is 0 Å². The predicted molar refractivity (Wildman–Crippen MR) is 205 cm³/mol. The highest BCUT2D eigenvalue weighted by Crippen LogP contribution is 2.76. The van der Waals surface area contributed by atoms with Gasteiger partial charge >= 0.3 is 11.9 Å². The lowest BCUT2D eigenvalue weighted by Gasteiger charge is -2.73. The number of fused-ring (bicyclic) bond motifs is 7. The minimum Gasteiger partial charge on any atom is -0.504 e. The minimum absolute atomic E-state index is 0.117. The Morgan fingerprint density at radius 3 is 2.14 bits per heavy atom. The molecule has 7 rings (SSSR count). The van der Waals surface area contributed by atoms with E-state index in [9.17, 15) is 65.8 Å². The minimum atomic E-state index is -1.80. The lowest BCUT2D eigenvalue weighted by Crippen LogP contribution is -2.72. The summed E-state index contributed by atoms with van der Waals surface area (Å²) in [6.07, 6.45) is -7.62. The molecule has 18 atom stereocenters. The van der Waals surface area contributed by atoms with Crippen LogP contribution in [0, 0.1) is 50.7 Å². The fraction of sp³-hybridized carbons (Fsp3) is 0.767. The van der Waals surface area contributed by atoms with Crippen LogP contribution in [0.15, 0.2) is 23.8 Å². The lowest BCUT2D eigenvalue weighted by atomic mass is 9.32. The number of phenols is 3. The number of carbonyl (C=O) groups excluding carboxylic acids is 2. The summed E-state index contributed by atoms with van der Waals surface area (Å²) in [5.41, 5.74) is -5.81. The van der Waals surface area contributed by atoms with Crippen LogP contribution in [0.1, 0.15) is 96.8 Å². The molecule has 5 aliphatic carbocycles. The number of allylic oxidation sites excluding steroid dienone is 1. The molecule has 1 heterocycles. The maximum Gasteiger partial charge on any atom is 0.338 e. The second kappa shape index (κ2) is 14.5. The van der Waals surface area contributed by atoms with E-state index in [1.807, 2.05) is 13.8 Å². The van der Waals surface area contributed by atoms with E-state index < -0.39 is 136 Å². The first-order valence-electron chi connectivity index (χ1n) is 20.8. The number of esters is 2. The van der Waals surface area contributed by atoms with Crippen LogP contribution in [-0.4, -0.2) is 136 Å². The van der Waals surface area contributed by atoms with E-state index in [0.29, 0.717) is 25.7 Å². The van der Waals surface area contributed by atoms with E-state index in [1.54, 1.807) is 13.8 Å². The van der Waals surface area contributed by atoms with E-state index in [2.05, 4.69) is 19.9 Å². The first kappa shape index (κ1) is 44.0. The number of aliphatic hydroxyl groups excluding tert-OH is 7. The Morgan fingerprint density at radius 2 is 1.51 bits per heavy atom. The van der Waals surface area contributed by atoms with Crippen LogP contribution in [-0.2, 0) is 19.0 Å². The Labute approximate surface area is 343 Å². The van der Waals surface area contributed by atoms with Crippen LogP contribution in [0.4, 0.5) is 0 Å². The molecule has 0 radical (unpaired) electrons. The van der Waals surface area contributed by atoms with E-state index >= 15 is 0 Å². The maximum absolute atomic E-state index is 14.6. The van der Waals surface area contributed by atoms with E-state index in [0.717, 1.165) is 17.7 Å². The zero-order valence-corrected chi connectivity index (χ0v) is 34.5. The van der Waals surface area contributed by atoms with Crippen molar-refractivity contribution in [2.75, 3.05) is 13.2 Å². The highest BCUT2D eigenvalue weighted by molar-refractivity contribution is 5.91. The number of aliphatic hydroxyl groups is 8. The van der Waals surface area contributed by atoms with Crippen LogP contribution in [0.5, 0.6) is 17.2 Å². The summed E-state index contributed by atoms with van der Waals surface area (Å²) in [5, 5.41) is 119. The normalized spacial score (nSPS) is 49.3. The number of hydrogen-bond donors (Lipinski definition) is 11. The number of carbonyl (C=O) groups is 2. The van der Waals surface area contributed by atoms with Crippen molar-refractivity contribution < 1.29 is 80.0 Å². The third-order valence-corrected chi connectivity index (χ3v) is 17.0. The molecular weight excluding hydrogens is 772 g/mol. The van der Waals surface area contributed by atoms with Crippen LogP contribution in [0.2, 0.25) is 0 Å². The molecule has 1 aromatic rings. The van der Waals surface area contributed by atoms with Crippen molar-refractivity contribution >= 4 is 11.9 Å². The van der Waals surface area contributed by atoms with E-state index in [4.69, 9.17) is 14.2 Å². The van der Waals surface area contributed by atoms with Gasteiger partial charge in [0.1, 0.15) is 24.4 Å².